The Morgan fingerprint density at radius 1 is 1.05 bits per heavy atom. The molecule has 2 bridgehead atoms. The third-order valence-corrected chi connectivity index (χ3v) is 6.07. The lowest BCUT2D eigenvalue weighted by atomic mass is 9.55. The van der Waals surface area contributed by atoms with Crippen LogP contribution in [-0.4, -0.2) is 22.9 Å². The summed E-state index contributed by atoms with van der Waals surface area (Å²) in [6.45, 7) is 5.24. The Balaban J connectivity index is 2.25. The molecule has 2 amide bonds. The van der Waals surface area contributed by atoms with Crippen LogP contribution in [0.4, 0.5) is 5.69 Å². The number of benzene rings is 1. The van der Waals surface area contributed by atoms with Crippen LogP contribution in [0.2, 0.25) is 0 Å². The number of hydrogen-bond acceptors (Lipinski definition) is 3. The second-order valence-corrected chi connectivity index (χ2v) is 6.95. The molecule has 0 spiro atoms. The monoisotopic (exact) mass is 301 g/mol. The summed E-state index contributed by atoms with van der Waals surface area (Å²) in [7, 11) is 0. The highest BCUT2D eigenvalue weighted by atomic mass is 16.4. The third-order valence-electron chi connectivity index (χ3n) is 6.07. The van der Waals surface area contributed by atoms with E-state index in [1.54, 1.807) is 51.1 Å². The number of aliphatic carboxylic acids is 1. The summed E-state index contributed by atoms with van der Waals surface area (Å²) in [6.07, 6.45) is 0.597. The van der Waals surface area contributed by atoms with Gasteiger partial charge in [0.15, 0.2) is 5.41 Å². The summed E-state index contributed by atoms with van der Waals surface area (Å²) in [6, 6.07) is 8.56. The van der Waals surface area contributed by atoms with E-state index in [1.165, 1.54) is 0 Å². The number of fused-ring (bicyclic) bond motifs is 2. The number of carboxylic acid groups (broad SMARTS) is 1. The Hall–Kier alpha value is -2.17. The summed E-state index contributed by atoms with van der Waals surface area (Å²) in [5, 5.41) is 9.83. The first-order chi connectivity index (χ1) is 10.2. The first-order valence-corrected chi connectivity index (χ1v) is 7.37. The van der Waals surface area contributed by atoms with E-state index in [4.69, 9.17) is 0 Å². The summed E-state index contributed by atoms with van der Waals surface area (Å²) in [4.78, 5) is 39.2. The van der Waals surface area contributed by atoms with Gasteiger partial charge < -0.3 is 5.11 Å². The van der Waals surface area contributed by atoms with Crippen molar-refractivity contribution in [1.82, 2.24) is 0 Å². The van der Waals surface area contributed by atoms with E-state index >= 15 is 0 Å². The Morgan fingerprint density at radius 2 is 1.64 bits per heavy atom. The van der Waals surface area contributed by atoms with Crippen molar-refractivity contribution in [3.05, 3.63) is 30.3 Å². The van der Waals surface area contributed by atoms with Crippen molar-refractivity contribution in [3.8, 4) is 0 Å². The fraction of sp³-hybridized carbons (Fsp3) is 0.471. The summed E-state index contributed by atoms with van der Waals surface area (Å²) in [5.74, 6) is -2.06. The molecule has 2 unspecified atom stereocenters. The Morgan fingerprint density at radius 3 is 2.18 bits per heavy atom. The van der Waals surface area contributed by atoms with E-state index in [-0.39, 0.29) is 12.3 Å². The van der Waals surface area contributed by atoms with Gasteiger partial charge in [-0.1, -0.05) is 39.0 Å². The van der Waals surface area contributed by atoms with Gasteiger partial charge in [0.05, 0.1) is 11.1 Å². The van der Waals surface area contributed by atoms with Gasteiger partial charge in [-0.05, 0) is 25.0 Å². The number of imide groups is 1. The van der Waals surface area contributed by atoms with Crippen LogP contribution in [0.15, 0.2) is 30.3 Å². The van der Waals surface area contributed by atoms with Gasteiger partial charge in [0, 0.05) is 5.41 Å². The molecule has 1 saturated heterocycles. The smallest absolute Gasteiger partial charge is 0.319 e. The van der Waals surface area contributed by atoms with Crippen LogP contribution >= 0.6 is 0 Å². The van der Waals surface area contributed by atoms with E-state index < -0.39 is 28.1 Å². The zero-order chi connectivity index (χ0) is 16.3. The van der Waals surface area contributed by atoms with Crippen LogP contribution in [0.25, 0.3) is 0 Å². The van der Waals surface area contributed by atoms with Crippen molar-refractivity contribution >= 4 is 23.5 Å². The van der Waals surface area contributed by atoms with Crippen LogP contribution in [0.3, 0.4) is 0 Å². The number of carbonyl (C=O) groups is 3. The van der Waals surface area contributed by atoms with Crippen LogP contribution in [0, 0.1) is 16.2 Å². The maximum atomic E-state index is 13.0. The highest BCUT2D eigenvalue weighted by Crippen LogP contribution is 2.67. The zero-order valence-electron chi connectivity index (χ0n) is 12.9. The van der Waals surface area contributed by atoms with Crippen LogP contribution < -0.4 is 4.90 Å². The molecule has 0 radical (unpaired) electrons. The minimum atomic E-state index is -1.55. The quantitative estimate of drug-likeness (QED) is 0.672. The van der Waals surface area contributed by atoms with Crippen molar-refractivity contribution in [1.29, 1.82) is 0 Å². The minimum absolute atomic E-state index is 0.194. The lowest BCUT2D eigenvalue weighted by Gasteiger charge is -2.51. The molecule has 1 saturated carbocycles. The molecule has 116 valence electrons. The van der Waals surface area contributed by atoms with Gasteiger partial charge in [0.25, 0.3) is 5.91 Å². The molecule has 1 aliphatic heterocycles. The number of hydrogen-bond donors (Lipinski definition) is 1. The number of carbonyl (C=O) groups excluding carboxylic acids is 2. The van der Waals surface area contributed by atoms with Gasteiger partial charge in [0.1, 0.15) is 0 Å². The largest absolute Gasteiger partial charge is 0.480 e. The molecule has 1 heterocycles. The molecule has 1 N–H and O–H groups in total. The molecule has 2 atom stereocenters. The van der Waals surface area contributed by atoms with Crippen molar-refractivity contribution < 1.29 is 19.5 Å². The van der Waals surface area contributed by atoms with E-state index in [9.17, 15) is 19.5 Å². The molecular formula is C17H19NO4. The average molecular weight is 301 g/mol. The maximum absolute atomic E-state index is 13.0. The van der Waals surface area contributed by atoms with Crippen LogP contribution in [-0.2, 0) is 14.4 Å². The molecule has 5 heteroatoms. The van der Waals surface area contributed by atoms with E-state index in [0.29, 0.717) is 12.1 Å². The molecule has 0 aromatic heterocycles. The fourth-order valence-corrected chi connectivity index (χ4v) is 4.09. The second kappa shape index (κ2) is 4.18. The molecule has 22 heavy (non-hydrogen) atoms. The number of para-hydroxylation sites is 1. The normalized spacial score (nSPS) is 33.1. The summed E-state index contributed by atoms with van der Waals surface area (Å²) in [5.41, 5.74) is -2.90. The first kappa shape index (κ1) is 14.8. The van der Waals surface area contributed by atoms with Gasteiger partial charge in [-0.3, -0.25) is 14.4 Å². The second-order valence-electron chi connectivity index (χ2n) is 6.95. The van der Waals surface area contributed by atoms with Gasteiger partial charge in [0.2, 0.25) is 5.91 Å². The number of carboxylic acids is 1. The summed E-state index contributed by atoms with van der Waals surface area (Å²) < 4.78 is 0. The van der Waals surface area contributed by atoms with Crippen molar-refractivity contribution in [2.75, 3.05) is 4.90 Å². The standard InChI is InChI=1S/C17H19NO4/c1-15(2)16(3)9-10-17(15,14(21)22)13(20)18(12(16)19)11-7-5-4-6-8-11/h4-8H,9-10H2,1-3H3,(H,21,22). The van der Waals surface area contributed by atoms with Crippen molar-refractivity contribution in [3.63, 3.8) is 0 Å². The highest BCUT2D eigenvalue weighted by molar-refractivity contribution is 6.26. The zero-order valence-corrected chi connectivity index (χ0v) is 12.9. The summed E-state index contributed by atoms with van der Waals surface area (Å²) >= 11 is 0. The third kappa shape index (κ3) is 1.36. The maximum Gasteiger partial charge on any atom is 0.319 e. The number of amides is 2. The van der Waals surface area contributed by atoms with Crippen molar-refractivity contribution in [2.24, 2.45) is 16.2 Å². The number of anilines is 1. The molecule has 1 aromatic rings. The lowest BCUT2D eigenvalue weighted by Crippen LogP contribution is -2.66. The predicted molar refractivity (Wildman–Crippen MR) is 80.1 cm³/mol. The molecule has 1 aromatic carbocycles. The molecule has 2 aliphatic rings. The van der Waals surface area contributed by atoms with Crippen LogP contribution in [0.5, 0.6) is 0 Å². The SMILES string of the molecule is CC12CCC(C(=O)O)(C(=O)N(c3ccccc3)C1=O)C2(C)C. The number of nitrogens with zero attached hydrogens (tertiary/aromatic N) is 1. The fourth-order valence-electron chi connectivity index (χ4n) is 4.09. The molecule has 2 fully saturated rings. The van der Waals surface area contributed by atoms with Crippen molar-refractivity contribution in [2.45, 2.75) is 33.6 Å². The van der Waals surface area contributed by atoms with Gasteiger partial charge in [-0.2, -0.15) is 0 Å². The number of rotatable bonds is 2. The van der Waals surface area contributed by atoms with Gasteiger partial charge >= 0.3 is 5.97 Å². The van der Waals surface area contributed by atoms with E-state index in [0.717, 1.165) is 4.90 Å². The Kier molecular flexibility index (Phi) is 2.81. The van der Waals surface area contributed by atoms with Gasteiger partial charge in [-0.15, -0.1) is 0 Å². The van der Waals surface area contributed by atoms with E-state index in [2.05, 4.69) is 0 Å². The first-order valence-electron chi connectivity index (χ1n) is 7.37. The Bertz CT molecular complexity index is 681. The highest BCUT2D eigenvalue weighted by Gasteiger charge is 2.76. The minimum Gasteiger partial charge on any atom is -0.480 e. The molecular weight excluding hydrogens is 282 g/mol. The average Bonchev–Trinajstić information content (AvgIpc) is 2.63. The van der Waals surface area contributed by atoms with Crippen LogP contribution in [0.1, 0.15) is 33.6 Å². The molecule has 3 rings (SSSR count). The topological polar surface area (TPSA) is 74.7 Å². The lowest BCUT2D eigenvalue weighted by molar-refractivity contribution is -0.171. The number of piperidine rings is 1. The Labute approximate surface area is 128 Å². The molecule has 5 nitrogen and oxygen atoms in total. The molecule has 1 aliphatic carbocycles. The predicted octanol–water partition coefficient (Wildman–Crippen LogP) is 2.46. The van der Waals surface area contributed by atoms with E-state index in [1.807, 2.05) is 0 Å². The van der Waals surface area contributed by atoms with Gasteiger partial charge in [-0.25, -0.2) is 4.90 Å².